The fraction of sp³-hybridized carbons (Fsp3) is 0.370. The molecule has 5 rings (SSSR count). The average molecular weight is 447 g/mol. The van der Waals surface area contributed by atoms with Gasteiger partial charge in [0.25, 0.3) is 0 Å². The summed E-state index contributed by atoms with van der Waals surface area (Å²) in [6.45, 7) is 7.83. The zero-order valence-corrected chi connectivity index (χ0v) is 19.4. The molecule has 0 radical (unpaired) electrons. The summed E-state index contributed by atoms with van der Waals surface area (Å²) in [6.07, 6.45) is 6.21. The summed E-state index contributed by atoms with van der Waals surface area (Å²) in [4.78, 5) is 14.6. The van der Waals surface area contributed by atoms with E-state index in [0.717, 1.165) is 48.3 Å². The number of ketones is 1. The number of nitrogens with one attached hydrogen (secondary N) is 1. The van der Waals surface area contributed by atoms with Crippen LogP contribution in [-0.2, 0) is 13.1 Å². The Labute approximate surface area is 194 Å². The van der Waals surface area contributed by atoms with Crippen LogP contribution in [0.15, 0.2) is 42.3 Å². The van der Waals surface area contributed by atoms with E-state index in [0.29, 0.717) is 29.3 Å². The Hall–Kier alpha value is -3.25. The second-order valence-electron chi connectivity index (χ2n) is 9.24. The van der Waals surface area contributed by atoms with Gasteiger partial charge in [-0.2, -0.15) is 0 Å². The van der Waals surface area contributed by atoms with Crippen LogP contribution >= 0.6 is 0 Å². The highest BCUT2D eigenvalue weighted by molar-refractivity contribution is 6.15. The van der Waals surface area contributed by atoms with E-state index in [1.807, 2.05) is 24.4 Å². The molecular formula is C27H30N2O4. The van der Waals surface area contributed by atoms with Crippen LogP contribution in [0.25, 0.3) is 17.0 Å². The number of benzene rings is 2. The number of rotatable bonds is 5. The first-order valence-corrected chi connectivity index (χ1v) is 11.8. The molecule has 2 unspecified atom stereocenters. The summed E-state index contributed by atoms with van der Waals surface area (Å²) in [5, 5.41) is 13.7. The standard InChI is InChI=1S/C27H30N2O4/c1-4-29-15-18(21-13-19(32-3)7-9-23(21)29)12-25-26(31)20-8-10-24(30)22(27(20)33-25)16-28-11-5-6-17(2)14-28/h7-10,12-13,15,17,30H,4-6,11,14,16H2,1-3H3. The van der Waals surface area contributed by atoms with Gasteiger partial charge in [-0.05, 0) is 50.1 Å². The van der Waals surface area contributed by atoms with Crippen molar-refractivity contribution in [1.29, 1.82) is 0 Å². The van der Waals surface area contributed by atoms with Crippen molar-refractivity contribution in [2.75, 3.05) is 20.2 Å². The SMILES string of the molecule is CCn1cc(C=C2Oc3c(ccc([O-])c3C[NH+]3CCCC(C)C3)C2=O)c2cc(OC)ccc21. The summed E-state index contributed by atoms with van der Waals surface area (Å²) in [7, 11) is 1.64. The Bertz CT molecular complexity index is 1260. The van der Waals surface area contributed by atoms with E-state index in [9.17, 15) is 9.90 Å². The molecule has 2 aromatic carbocycles. The predicted octanol–water partition coefficient (Wildman–Crippen LogP) is 3.17. The Morgan fingerprint density at radius 2 is 2.15 bits per heavy atom. The fourth-order valence-corrected chi connectivity index (χ4v) is 5.21. The molecule has 2 aliphatic heterocycles. The molecule has 3 aromatic rings. The van der Waals surface area contributed by atoms with Crippen LogP contribution in [0, 0.1) is 5.92 Å². The van der Waals surface area contributed by atoms with Crippen molar-refractivity contribution in [3.8, 4) is 17.2 Å². The minimum atomic E-state index is -0.173. The van der Waals surface area contributed by atoms with Gasteiger partial charge in [0.05, 0.1) is 25.8 Å². The number of likely N-dealkylation sites (tertiary alicyclic amines) is 1. The first-order valence-electron chi connectivity index (χ1n) is 11.8. The summed E-state index contributed by atoms with van der Waals surface area (Å²) in [6, 6.07) is 9.05. The topological polar surface area (TPSA) is 68.0 Å². The molecule has 0 aliphatic carbocycles. The maximum Gasteiger partial charge on any atom is 0.231 e. The van der Waals surface area contributed by atoms with Gasteiger partial charge in [0.15, 0.2) is 5.76 Å². The highest BCUT2D eigenvalue weighted by Gasteiger charge is 2.32. The van der Waals surface area contributed by atoms with Crippen molar-refractivity contribution in [1.82, 2.24) is 4.57 Å². The van der Waals surface area contributed by atoms with Gasteiger partial charge in [0, 0.05) is 40.7 Å². The van der Waals surface area contributed by atoms with Crippen molar-refractivity contribution in [3.05, 3.63) is 59.0 Å². The lowest BCUT2D eigenvalue weighted by molar-refractivity contribution is -0.922. The number of hydrogen-bond acceptors (Lipinski definition) is 4. The monoisotopic (exact) mass is 446 g/mol. The molecule has 1 N–H and O–H groups in total. The summed E-state index contributed by atoms with van der Waals surface area (Å²) >= 11 is 0. The van der Waals surface area contributed by atoms with Gasteiger partial charge in [0.1, 0.15) is 18.0 Å². The third-order valence-corrected chi connectivity index (χ3v) is 6.94. The van der Waals surface area contributed by atoms with Crippen molar-refractivity contribution < 1.29 is 24.3 Å². The summed E-state index contributed by atoms with van der Waals surface area (Å²) in [5.74, 6) is 1.88. The van der Waals surface area contributed by atoms with E-state index in [4.69, 9.17) is 9.47 Å². The van der Waals surface area contributed by atoms with Crippen LogP contribution in [0.3, 0.4) is 0 Å². The number of carbonyl (C=O) groups is 1. The number of piperidine rings is 1. The van der Waals surface area contributed by atoms with E-state index in [-0.39, 0.29) is 17.3 Å². The minimum absolute atomic E-state index is 0.0548. The van der Waals surface area contributed by atoms with Gasteiger partial charge in [-0.1, -0.05) is 18.7 Å². The van der Waals surface area contributed by atoms with Crippen LogP contribution in [0.2, 0.25) is 0 Å². The molecule has 0 bridgehead atoms. The molecule has 172 valence electrons. The lowest BCUT2D eigenvalue weighted by Crippen LogP contribution is -3.12. The van der Waals surface area contributed by atoms with E-state index in [2.05, 4.69) is 18.4 Å². The molecule has 1 fully saturated rings. The molecule has 0 amide bonds. The van der Waals surface area contributed by atoms with Crippen molar-refractivity contribution in [2.45, 2.75) is 39.8 Å². The number of aromatic nitrogens is 1. The first-order chi connectivity index (χ1) is 16.0. The number of quaternary nitrogens is 1. The average Bonchev–Trinajstić information content (AvgIpc) is 3.33. The smallest absolute Gasteiger partial charge is 0.231 e. The molecular weight excluding hydrogens is 416 g/mol. The minimum Gasteiger partial charge on any atom is -0.872 e. The second kappa shape index (κ2) is 8.60. The van der Waals surface area contributed by atoms with Gasteiger partial charge in [-0.25, -0.2) is 0 Å². The van der Waals surface area contributed by atoms with E-state index < -0.39 is 0 Å². The second-order valence-corrected chi connectivity index (χ2v) is 9.24. The lowest BCUT2D eigenvalue weighted by Gasteiger charge is -2.29. The van der Waals surface area contributed by atoms with Crippen molar-refractivity contribution in [2.24, 2.45) is 5.92 Å². The molecule has 1 aromatic heterocycles. The van der Waals surface area contributed by atoms with Crippen LogP contribution in [0.4, 0.5) is 0 Å². The zero-order valence-electron chi connectivity index (χ0n) is 19.4. The number of ether oxygens (including phenoxy) is 2. The Balaban J connectivity index is 1.52. The van der Waals surface area contributed by atoms with Crippen molar-refractivity contribution in [3.63, 3.8) is 0 Å². The van der Waals surface area contributed by atoms with E-state index in [1.165, 1.54) is 17.4 Å². The molecule has 1 saturated heterocycles. The highest BCUT2D eigenvalue weighted by Crippen LogP contribution is 2.39. The predicted molar refractivity (Wildman–Crippen MR) is 126 cm³/mol. The molecule has 0 spiro atoms. The maximum absolute atomic E-state index is 13.2. The summed E-state index contributed by atoms with van der Waals surface area (Å²) in [5.41, 5.74) is 3.06. The number of fused-ring (bicyclic) bond motifs is 2. The molecule has 3 heterocycles. The van der Waals surface area contributed by atoms with Gasteiger partial charge >= 0.3 is 0 Å². The van der Waals surface area contributed by atoms with E-state index >= 15 is 0 Å². The molecule has 0 saturated carbocycles. The van der Waals surface area contributed by atoms with Crippen LogP contribution in [0.1, 0.15) is 48.2 Å². The molecule has 2 aliphatic rings. The number of methoxy groups -OCH3 is 1. The number of allylic oxidation sites excluding steroid dienone is 1. The van der Waals surface area contributed by atoms with Crippen LogP contribution in [0.5, 0.6) is 17.2 Å². The van der Waals surface area contributed by atoms with Gasteiger partial charge < -0.3 is 24.0 Å². The summed E-state index contributed by atoms with van der Waals surface area (Å²) < 4.78 is 13.6. The number of carbonyl (C=O) groups excluding carboxylic acids is 1. The number of aryl methyl sites for hydroxylation is 1. The van der Waals surface area contributed by atoms with Crippen LogP contribution < -0.4 is 19.5 Å². The normalized spacial score (nSPS) is 21.4. The quantitative estimate of drug-likeness (QED) is 0.612. The lowest BCUT2D eigenvalue weighted by atomic mass is 9.99. The third kappa shape index (κ3) is 3.89. The first kappa shape index (κ1) is 21.6. The maximum atomic E-state index is 13.2. The number of hydrogen-bond donors (Lipinski definition) is 1. The zero-order chi connectivity index (χ0) is 23.1. The Morgan fingerprint density at radius 3 is 2.91 bits per heavy atom. The Kier molecular flexibility index (Phi) is 5.62. The largest absolute Gasteiger partial charge is 0.872 e. The van der Waals surface area contributed by atoms with Gasteiger partial charge in [-0.15, -0.1) is 0 Å². The third-order valence-electron chi connectivity index (χ3n) is 6.94. The molecule has 6 heteroatoms. The molecule has 2 atom stereocenters. The van der Waals surface area contributed by atoms with Crippen molar-refractivity contribution >= 4 is 22.8 Å². The van der Waals surface area contributed by atoms with Crippen LogP contribution in [-0.4, -0.2) is 30.5 Å². The molecule has 6 nitrogen and oxygen atoms in total. The number of nitrogens with zero attached hydrogens (tertiary/aromatic N) is 1. The van der Waals surface area contributed by atoms with E-state index in [1.54, 1.807) is 19.3 Å². The fourth-order valence-electron chi connectivity index (χ4n) is 5.21. The van der Waals surface area contributed by atoms with Gasteiger partial charge in [0.2, 0.25) is 5.78 Å². The Morgan fingerprint density at radius 1 is 1.30 bits per heavy atom. The highest BCUT2D eigenvalue weighted by atomic mass is 16.5. The van der Waals surface area contributed by atoms with Gasteiger partial charge in [-0.3, -0.25) is 4.79 Å². The molecule has 33 heavy (non-hydrogen) atoms. The number of Topliss-reactive ketones (excluding diaryl/α,β-unsaturated/α-hetero) is 1.